The lowest BCUT2D eigenvalue weighted by atomic mass is 10.2. The van der Waals surface area contributed by atoms with Gasteiger partial charge < -0.3 is 10.4 Å². The van der Waals surface area contributed by atoms with Gasteiger partial charge in [0, 0.05) is 17.1 Å². The Hall–Kier alpha value is -1.81. The first kappa shape index (κ1) is 12.6. The minimum absolute atomic E-state index is 0.00631. The van der Waals surface area contributed by atoms with Gasteiger partial charge in [-0.1, -0.05) is 17.7 Å². The van der Waals surface area contributed by atoms with Crippen LogP contribution >= 0.6 is 11.6 Å². The molecule has 2 N–H and O–H groups in total. The Bertz CT molecular complexity index is 555. The van der Waals surface area contributed by atoms with Crippen molar-refractivity contribution >= 4 is 17.3 Å². The van der Waals surface area contributed by atoms with E-state index in [1.165, 1.54) is 6.07 Å². The Balaban J connectivity index is 2.19. The van der Waals surface area contributed by atoms with E-state index >= 15 is 0 Å². The van der Waals surface area contributed by atoms with Gasteiger partial charge in [0.2, 0.25) is 0 Å². The summed E-state index contributed by atoms with van der Waals surface area (Å²) in [5.41, 5.74) is 0.456. The zero-order valence-electron chi connectivity index (χ0n) is 9.25. The van der Waals surface area contributed by atoms with E-state index in [-0.39, 0.29) is 18.0 Å². The van der Waals surface area contributed by atoms with Crippen LogP contribution in [0, 0.1) is 11.6 Å². The summed E-state index contributed by atoms with van der Waals surface area (Å²) in [7, 11) is 0. The first-order valence-corrected chi connectivity index (χ1v) is 5.61. The van der Waals surface area contributed by atoms with Crippen molar-refractivity contribution in [3.8, 4) is 5.75 Å². The fraction of sp³-hybridized carbons (Fsp3) is 0.0769. The van der Waals surface area contributed by atoms with Crippen LogP contribution in [0.2, 0.25) is 5.02 Å². The highest BCUT2D eigenvalue weighted by atomic mass is 35.5. The fourth-order valence-corrected chi connectivity index (χ4v) is 1.78. The van der Waals surface area contributed by atoms with E-state index in [9.17, 15) is 13.9 Å². The molecule has 0 saturated heterocycles. The van der Waals surface area contributed by atoms with Crippen molar-refractivity contribution in [2.75, 3.05) is 5.32 Å². The molecular formula is C13H10ClF2NO. The quantitative estimate of drug-likeness (QED) is 0.885. The highest BCUT2D eigenvalue weighted by Crippen LogP contribution is 2.26. The fourth-order valence-electron chi connectivity index (χ4n) is 1.54. The molecule has 0 atom stereocenters. The van der Waals surface area contributed by atoms with E-state index in [1.807, 2.05) is 0 Å². The van der Waals surface area contributed by atoms with Gasteiger partial charge in [-0.05, 0) is 30.3 Å². The van der Waals surface area contributed by atoms with Crippen molar-refractivity contribution in [1.82, 2.24) is 0 Å². The average molecular weight is 270 g/mol. The first-order chi connectivity index (χ1) is 8.58. The lowest BCUT2D eigenvalue weighted by molar-refractivity contribution is 0.469. The van der Waals surface area contributed by atoms with Crippen LogP contribution in [0.1, 0.15) is 5.56 Å². The van der Waals surface area contributed by atoms with Crippen molar-refractivity contribution in [2.45, 2.75) is 6.54 Å². The van der Waals surface area contributed by atoms with E-state index in [0.29, 0.717) is 10.6 Å². The molecule has 0 bridgehead atoms. The molecule has 0 amide bonds. The van der Waals surface area contributed by atoms with Gasteiger partial charge in [0.15, 0.2) is 0 Å². The summed E-state index contributed by atoms with van der Waals surface area (Å²) in [6, 6.07) is 7.80. The normalized spacial score (nSPS) is 10.4. The molecule has 0 aliphatic carbocycles. The zero-order chi connectivity index (χ0) is 13.1. The summed E-state index contributed by atoms with van der Waals surface area (Å²) < 4.78 is 26.3. The van der Waals surface area contributed by atoms with Crippen LogP contribution in [0.15, 0.2) is 36.4 Å². The number of hydrogen-bond donors (Lipinski definition) is 2. The molecule has 0 spiro atoms. The second kappa shape index (κ2) is 5.23. The average Bonchev–Trinajstić information content (AvgIpc) is 2.33. The minimum Gasteiger partial charge on any atom is -0.508 e. The summed E-state index contributed by atoms with van der Waals surface area (Å²) in [6.45, 7) is 0.103. The Kier molecular flexibility index (Phi) is 3.67. The summed E-state index contributed by atoms with van der Waals surface area (Å²) in [4.78, 5) is 0. The lowest BCUT2D eigenvalue weighted by Crippen LogP contribution is -2.02. The molecule has 2 nitrogen and oxygen atoms in total. The summed E-state index contributed by atoms with van der Waals surface area (Å²) in [5.74, 6) is -1.10. The Morgan fingerprint density at radius 2 is 1.94 bits per heavy atom. The van der Waals surface area contributed by atoms with E-state index in [2.05, 4.69) is 5.32 Å². The molecule has 5 heteroatoms. The van der Waals surface area contributed by atoms with E-state index < -0.39 is 11.6 Å². The van der Waals surface area contributed by atoms with Gasteiger partial charge >= 0.3 is 0 Å². The third kappa shape index (κ3) is 2.71. The predicted molar refractivity (Wildman–Crippen MR) is 66.8 cm³/mol. The monoisotopic (exact) mass is 269 g/mol. The van der Waals surface area contributed by atoms with E-state index in [1.54, 1.807) is 12.1 Å². The lowest BCUT2D eigenvalue weighted by Gasteiger charge is -2.10. The molecule has 94 valence electrons. The number of benzene rings is 2. The van der Waals surface area contributed by atoms with Gasteiger partial charge in [0.05, 0.1) is 5.69 Å². The molecule has 2 rings (SSSR count). The molecule has 0 fully saturated rings. The van der Waals surface area contributed by atoms with Crippen LogP contribution in [0.4, 0.5) is 14.5 Å². The van der Waals surface area contributed by atoms with Crippen LogP contribution in [0.3, 0.4) is 0 Å². The molecule has 0 aliphatic heterocycles. The van der Waals surface area contributed by atoms with Crippen LogP contribution in [0.5, 0.6) is 5.75 Å². The number of aromatic hydroxyl groups is 1. The molecule has 2 aromatic rings. The largest absolute Gasteiger partial charge is 0.508 e. The SMILES string of the molecule is Oc1cccc(Cl)c1CNc1cc(F)ccc1F. The molecule has 0 heterocycles. The van der Waals surface area contributed by atoms with Crippen molar-refractivity contribution in [2.24, 2.45) is 0 Å². The standard InChI is InChI=1S/C13H10ClF2NO/c14-10-2-1-3-13(18)9(10)7-17-12-6-8(15)4-5-11(12)16/h1-6,17-18H,7H2. The van der Waals surface area contributed by atoms with Gasteiger partial charge in [-0.25, -0.2) is 8.78 Å². The predicted octanol–water partition coefficient (Wildman–Crippen LogP) is 3.94. The van der Waals surface area contributed by atoms with Crippen LogP contribution in [0.25, 0.3) is 0 Å². The summed E-state index contributed by atoms with van der Waals surface area (Å²) in [5, 5.41) is 12.7. The number of hydrogen-bond acceptors (Lipinski definition) is 2. The number of phenols is 1. The Labute approximate surface area is 108 Å². The van der Waals surface area contributed by atoms with Crippen LogP contribution in [-0.4, -0.2) is 5.11 Å². The van der Waals surface area contributed by atoms with E-state index in [4.69, 9.17) is 11.6 Å². The number of halogens is 3. The third-order valence-electron chi connectivity index (χ3n) is 2.48. The Morgan fingerprint density at radius 3 is 2.67 bits per heavy atom. The third-order valence-corrected chi connectivity index (χ3v) is 2.83. The molecular weight excluding hydrogens is 260 g/mol. The molecule has 0 unspecified atom stereocenters. The summed E-state index contributed by atoms with van der Waals surface area (Å²) in [6.07, 6.45) is 0. The highest BCUT2D eigenvalue weighted by Gasteiger charge is 2.08. The second-order valence-corrected chi connectivity index (χ2v) is 4.12. The van der Waals surface area contributed by atoms with Crippen molar-refractivity contribution in [3.63, 3.8) is 0 Å². The summed E-state index contributed by atoms with van der Waals surface area (Å²) >= 11 is 5.90. The highest BCUT2D eigenvalue weighted by molar-refractivity contribution is 6.31. The number of rotatable bonds is 3. The molecule has 0 aliphatic rings. The maximum Gasteiger partial charge on any atom is 0.146 e. The topological polar surface area (TPSA) is 32.3 Å². The van der Waals surface area contributed by atoms with Crippen LogP contribution in [-0.2, 0) is 6.54 Å². The maximum atomic E-state index is 13.3. The molecule has 0 radical (unpaired) electrons. The number of nitrogens with one attached hydrogen (secondary N) is 1. The van der Waals surface area contributed by atoms with Gasteiger partial charge in [0.1, 0.15) is 17.4 Å². The van der Waals surface area contributed by atoms with E-state index in [0.717, 1.165) is 18.2 Å². The molecule has 0 aromatic heterocycles. The molecule has 2 aromatic carbocycles. The molecule has 0 saturated carbocycles. The Morgan fingerprint density at radius 1 is 1.17 bits per heavy atom. The van der Waals surface area contributed by atoms with Gasteiger partial charge in [-0.3, -0.25) is 0 Å². The van der Waals surface area contributed by atoms with Gasteiger partial charge in [0.25, 0.3) is 0 Å². The zero-order valence-corrected chi connectivity index (χ0v) is 10.0. The smallest absolute Gasteiger partial charge is 0.146 e. The minimum atomic E-state index is -0.567. The van der Waals surface area contributed by atoms with Gasteiger partial charge in [-0.15, -0.1) is 0 Å². The molecule has 18 heavy (non-hydrogen) atoms. The number of anilines is 1. The van der Waals surface area contributed by atoms with Gasteiger partial charge in [-0.2, -0.15) is 0 Å². The maximum absolute atomic E-state index is 13.3. The first-order valence-electron chi connectivity index (χ1n) is 5.23. The van der Waals surface area contributed by atoms with Crippen molar-refractivity contribution in [1.29, 1.82) is 0 Å². The van der Waals surface area contributed by atoms with Crippen molar-refractivity contribution < 1.29 is 13.9 Å². The second-order valence-electron chi connectivity index (χ2n) is 3.72. The number of phenolic OH excluding ortho intramolecular Hbond substituents is 1. The van der Waals surface area contributed by atoms with Crippen LogP contribution < -0.4 is 5.32 Å². The van der Waals surface area contributed by atoms with Crippen molar-refractivity contribution in [3.05, 3.63) is 58.6 Å².